The Morgan fingerprint density at radius 2 is 1.30 bits per heavy atom. The number of phenolic OH excluding ortho intramolecular Hbond substituents is 1. The summed E-state index contributed by atoms with van der Waals surface area (Å²) in [6, 6.07) is -4.42. The zero-order valence-electron chi connectivity index (χ0n) is 39.6. The molecule has 0 aromatic heterocycles. The van der Waals surface area contributed by atoms with Gasteiger partial charge in [0.25, 0.3) is 0 Å². The topological polar surface area (TPSA) is 434 Å². The number of rotatable bonds is 31. The molecular weight excluding hydrogens is 957 g/mol. The maximum absolute atomic E-state index is 14.0. The van der Waals surface area contributed by atoms with Crippen molar-refractivity contribution in [1.82, 2.24) is 36.8 Å². The van der Waals surface area contributed by atoms with Crippen LogP contribution >= 0.6 is 21.6 Å². The Bertz CT molecular complexity index is 2030. The first-order valence-electron chi connectivity index (χ1n) is 22.6. The Labute approximate surface area is 413 Å². The molecule has 70 heavy (non-hydrogen) atoms. The number of likely N-dealkylation sites (tertiary alicyclic amines) is 1. The number of benzene rings is 1. The fourth-order valence-electron chi connectivity index (χ4n) is 6.98. The maximum Gasteiger partial charge on any atom is 0.326 e. The second-order valence-corrected chi connectivity index (χ2v) is 19.8. The number of aromatic hydroxyl groups is 1. The highest BCUT2D eigenvalue weighted by Crippen LogP contribution is 2.25. The number of nitrogens with one attached hydrogen (secondary N) is 6. The lowest BCUT2D eigenvalue weighted by Crippen LogP contribution is -2.60. The van der Waals surface area contributed by atoms with Crippen LogP contribution in [0.25, 0.3) is 0 Å². The Hall–Kier alpha value is -6.19. The van der Waals surface area contributed by atoms with Crippen LogP contribution in [0.3, 0.4) is 0 Å². The molecule has 1 heterocycles. The van der Waals surface area contributed by atoms with Gasteiger partial charge in [0, 0.05) is 30.9 Å². The number of carboxylic acids is 1. The smallest absolute Gasteiger partial charge is 0.326 e. The fraction of sp³-hybridized carbons (Fsp3) is 0.605. The average Bonchev–Trinajstić information content (AvgIpc) is 3.79. The molecule has 18 N–H and O–H groups in total. The molecule has 0 saturated carbocycles. The van der Waals surface area contributed by atoms with E-state index in [9.17, 15) is 63.0 Å². The van der Waals surface area contributed by atoms with Gasteiger partial charge in [-0.2, -0.15) is 0 Å². The summed E-state index contributed by atoms with van der Waals surface area (Å²) in [5, 5.41) is 34.2. The quantitative estimate of drug-likeness (QED) is 0.0251. The molecule has 0 spiro atoms. The van der Waals surface area contributed by atoms with E-state index in [2.05, 4.69) is 31.9 Å². The van der Waals surface area contributed by atoms with Crippen LogP contribution < -0.4 is 60.6 Å². The minimum atomic E-state index is -1.76. The molecule has 390 valence electrons. The summed E-state index contributed by atoms with van der Waals surface area (Å²) in [5.74, 6) is -10.1. The predicted molar refractivity (Wildman–Crippen MR) is 258 cm³/mol. The average molecular weight is 1030 g/mol. The number of nitrogens with two attached hydrogens (primary N) is 5. The van der Waals surface area contributed by atoms with Crippen molar-refractivity contribution in [2.75, 3.05) is 24.6 Å². The monoisotopic (exact) mass is 1020 g/mol. The van der Waals surface area contributed by atoms with Gasteiger partial charge in [0.1, 0.15) is 42.0 Å². The molecule has 1 saturated heterocycles. The first-order chi connectivity index (χ1) is 32.8. The van der Waals surface area contributed by atoms with Crippen molar-refractivity contribution in [2.45, 2.75) is 127 Å². The highest BCUT2D eigenvalue weighted by atomic mass is 33.1. The Morgan fingerprint density at radius 1 is 0.714 bits per heavy atom. The van der Waals surface area contributed by atoms with E-state index in [0.29, 0.717) is 24.8 Å². The third-order valence-corrected chi connectivity index (χ3v) is 13.5. The molecule has 2 rings (SSSR count). The zero-order valence-corrected chi connectivity index (χ0v) is 41.2. The summed E-state index contributed by atoms with van der Waals surface area (Å²) in [4.78, 5) is 142. The molecule has 1 fully saturated rings. The SMILES string of the molecule is CC[C@H](C)[C@H](NC(=O)[C@H](Cc1ccc(O)cc1)NC(=O)[C@@H](N)CSSC[C@H](N)C(=O)N1CCC[C@H]1C(=O)N[C@@H](CC(C)C)C(=O)NCC(N)=O)C(=O)N[C@@H](CCC(N)=O)C(=O)N[C@@H](CC(N)=O)C(=O)O. The number of primary amides is 3. The highest BCUT2D eigenvalue weighted by molar-refractivity contribution is 8.76. The van der Waals surface area contributed by atoms with Crippen molar-refractivity contribution in [3.8, 4) is 5.75 Å². The predicted octanol–water partition coefficient (Wildman–Crippen LogP) is -3.70. The number of carbonyl (C=O) groups is 11. The van der Waals surface area contributed by atoms with Crippen LogP contribution in [0, 0.1) is 11.8 Å². The Kier molecular flexibility index (Phi) is 25.5. The van der Waals surface area contributed by atoms with Crippen LogP contribution in [0.5, 0.6) is 5.75 Å². The maximum atomic E-state index is 14.0. The number of aliphatic carboxylic acids is 1. The molecule has 1 aromatic carbocycles. The molecule has 0 aliphatic carbocycles. The van der Waals surface area contributed by atoms with E-state index in [1.807, 2.05) is 13.8 Å². The van der Waals surface area contributed by atoms with Gasteiger partial charge >= 0.3 is 5.97 Å². The first-order valence-corrected chi connectivity index (χ1v) is 25.0. The second-order valence-electron chi connectivity index (χ2n) is 17.3. The van der Waals surface area contributed by atoms with Crippen LogP contribution in [0.2, 0.25) is 0 Å². The standard InChI is InChI=1S/C43H68N12O13S2/c1-5-22(4)35(41(65)50-27(12-13-32(46)57)38(62)53-30(43(67)68)17-33(47)58)54-39(63)29(16-23-8-10-24(56)11-9-23)51-36(60)25(44)19-69-70-20-26(45)42(66)55-14-6-7-31(55)40(64)52-28(15-21(2)3)37(61)49-18-34(48)59/h8-11,21-22,25-31,35,56H,5-7,12-20,44-45H2,1-4H3,(H2,46,57)(H2,47,58)(H2,48,59)(H,49,61)(H,50,65)(H,51,60)(H,52,64)(H,53,62)(H,54,63)(H,67,68)/t22-,25-,26-,27-,28-,29-,30-,31-,35-/m0/s1. The first kappa shape index (κ1) is 59.9. The van der Waals surface area contributed by atoms with Gasteiger partial charge in [-0.3, -0.25) is 47.9 Å². The summed E-state index contributed by atoms with van der Waals surface area (Å²) < 4.78 is 0. The molecule has 1 aliphatic rings. The minimum Gasteiger partial charge on any atom is -0.508 e. The molecule has 1 aromatic rings. The van der Waals surface area contributed by atoms with Crippen molar-refractivity contribution in [2.24, 2.45) is 40.5 Å². The minimum absolute atomic E-state index is 0.00122. The molecular formula is C43H68N12O13S2. The van der Waals surface area contributed by atoms with E-state index in [1.54, 1.807) is 13.8 Å². The summed E-state index contributed by atoms with van der Waals surface area (Å²) in [6.07, 6.45) is -0.291. The third kappa shape index (κ3) is 20.8. The van der Waals surface area contributed by atoms with E-state index in [-0.39, 0.29) is 49.0 Å². The van der Waals surface area contributed by atoms with E-state index in [0.717, 1.165) is 21.6 Å². The fourth-order valence-corrected chi connectivity index (χ4v) is 9.21. The van der Waals surface area contributed by atoms with Gasteiger partial charge in [0.2, 0.25) is 59.1 Å². The summed E-state index contributed by atoms with van der Waals surface area (Å²) in [7, 11) is 2.26. The van der Waals surface area contributed by atoms with Crippen molar-refractivity contribution in [3.05, 3.63) is 29.8 Å². The highest BCUT2D eigenvalue weighted by Gasteiger charge is 2.38. The number of carbonyl (C=O) groups excluding carboxylic acids is 10. The van der Waals surface area contributed by atoms with Gasteiger partial charge in [-0.15, -0.1) is 0 Å². The van der Waals surface area contributed by atoms with Gasteiger partial charge in [-0.1, -0.05) is 67.8 Å². The van der Waals surface area contributed by atoms with Gasteiger partial charge in [-0.05, 0) is 55.2 Å². The summed E-state index contributed by atoms with van der Waals surface area (Å²) in [6.45, 7) is 6.90. The van der Waals surface area contributed by atoms with Crippen LogP contribution in [0.1, 0.15) is 78.2 Å². The van der Waals surface area contributed by atoms with Crippen molar-refractivity contribution < 1.29 is 63.0 Å². The molecule has 10 amide bonds. The molecule has 0 bridgehead atoms. The number of amides is 10. The number of nitrogens with zero attached hydrogens (tertiary/aromatic N) is 1. The largest absolute Gasteiger partial charge is 0.508 e. The van der Waals surface area contributed by atoms with Crippen molar-refractivity contribution >= 4 is 86.6 Å². The van der Waals surface area contributed by atoms with Crippen LogP contribution in [0.15, 0.2) is 24.3 Å². The van der Waals surface area contributed by atoms with E-state index in [4.69, 9.17) is 28.7 Å². The Morgan fingerprint density at radius 3 is 1.86 bits per heavy atom. The molecule has 27 heteroatoms. The van der Waals surface area contributed by atoms with Gasteiger partial charge < -0.3 is 75.7 Å². The van der Waals surface area contributed by atoms with Gasteiger partial charge in [-0.25, -0.2) is 4.79 Å². The number of hydrogen-bond acceptors (Lipinski definition) is 16. The lowest BCUT2D eigenvalue weighted by molar-refractivity contribution is -0.144. The van der Waals surface area contributed by atoms with Gasteiger partial charge in [0.05, 0.1) is 25.0 Å². The van der Waals surface area contributed by atoms with Gasteiger partial charge in [0.15, 0.2) is 0 Å². The van der Waals surface area contributed by atoms with E-state index in [1.165, 1.54) is 29.2 Å². The van der Waals surface area contributed by atoms with E-state index >= 15 is 0 Å². The molecule has 25 nitrogen and oxygen atoms in total. The molecule has 0 unspecified atom stereocenters. The lowest BCUT2D eigenvalue weighted by Gasteiger charge is -2.29. The molecule has 0 radical (unpaired) electrons. The Balaban J connectivity index is 2.16. The number of hydrogen-bond donors (Lipinski definition) is 13. The summed E-state index contributed by atoms with van der Waals surface area (Å²) in [5.41, 5.74) is 28.5. The van der Waals surface area contributed by atoms with Crippen LogP contribution in [0.4, 0.5) is 0 Å². The van der Waals surface area contributed by atoms with E-state index < -0.39 is 139 Å². The molecule has 1 aliphatic heterocycles. The van der Waals surface area contributed by atoms with Crippen LogP contribution in [-0.2, 0) is 59.2 Å². The number of phenols is 1. The summed E-state index contributed by atoms with van der Waals surface area (Å²) >= 11 is 0. The van der Waals surface area contributed by atoms with Crippen LogP contribution in [-0.4, -0.2) is 153 Å². The number of carboxylic acid groups (broad SMARTS) is 1. The third-order valence-electron chi connectivity index (χ3n) is 11.0. The second kappa shape index (κ2) is 29.8. The lowest BCUT2D eigenvalue weighted by atomic mass is 9.96. The zero-order chi connectivity index (χ0) is 52.8. The molecule has 9 atom stereocenters. The normalized spacial score (nSPS) is 16.7. The van der Waals surface area contributed by atoms with Crippen molar-refractivity contribution in [3.63, 3.8) is 0 Å². The van der Waals surface area contributed by atoms with Crippen molar-refractivity contribution in [1.29, 1.82) is 0 Å².